The van der Waals surface area contributed by atoms with E-state index in [0.29, 0.717) is 13.2 Å². The standard InChI is InChI=1S/C24H48O2/c1-3-5-6-7-8-9-10-11-12-13-14-15-16-17-18-19-20-21-22-26-24-23-25-4-2/h4H,2-3,5-24H2,1H3. The molecule has 0 fully saturated rings. The van der Waals surface area contributed by atoms with Gasteiger partial charge in [-0.1, -0.05) is 123 Å². The third-order valence-corrected chi connectivity index (χ3v) is 5.11. The van der Waals surface area contributed by atoms with Crippen molar-refractivity contribution in [1.29, 1.82) is 0 Å². The molecule has 2 heteroatoms. The van der Waals surface area contributed by atoms with Crippen LogP contribution in [-0.4, -0.2) is 19.8 Å². The van der Waals surface area contributed by atoms with Crippen LogP contribution < -0.4 is 0 Å². The maximum Gasteiger partial charge on any atom is 0.111 e. The molecule has 0 aliphatic rings. The Hall–Kier alpha value is -0.500. The molecule has 0 radical (unpaired) electrons. The fraction of sp³-hybridized carbons (Fsp3) is 0.917. The lowest BCUT2D eigenvalue weighted by Gasteiger charge is -2.05. The lowest BCUT2D eigenvalue weighted by molar-refractivity contribution is 0.0826. The summed E-state index contributed by atoms with van der Waals surface area (Å²) in [5.41, 5.74) is 0. The van der Waals surface area contributed by atoms with Crippen LogP contribution in [0, 0.1) is 0 Å². The lowest BCUT2D eigenvalue weighted by atomic mass is 10.0. The summed E-state index contributed by atoms with van der Waals surface area (Å²) in [4.78, 5) is 0. The van der Waals surface area contributed by atoms with Gasteiger partial charge in [0, 0.05) is 6.61 Å². The van der Waals surface area contributed by atoms with E-state index in [1.54, 1.807) is 0 Å². The summed E-state index contributed by atoms with van der Waals surface area (Å²) in [6.07, 6.45) is 27.0. The van der Waals surface area contributed by atoms with E-state index in [2.05, 4.69) is 13.5 Å². The fourth-order valence-electron chi connectivity index (χ4n) is 3.40. The molecule has 0 rings (SSSR count). The molecule has 0 aliphatic heterocycles. The summed E-state index contributed by atoms with van der Waals surface area (Å²) in [5, 5.41) is 0. The summed E-state index contributed by atoms with van der Waals surface area (Å²) in [6, 6.07) is 0. The Morgan fingerprint density at radius 3 is 1.27 bits per heavy atom. The lowest BCUT2D eigenvalue weighted by Crippen LogP contribution is -2.02. The van der Waals surface area contributed by atoms with Crippen LogP contribution in [0.15, 0.2) is 12.8 Å². The van der Waals surface area contributed by atoms with Crippen LogP contribution in [-0.2, 0) is 9.47 Å². The second-order valence-electron chi connectivity index (χ2n) is 7.66. The van der Waals surface area contributed by atoms with E-state index in [-0.39, 0.29) is 0 Å². The Bertz CT molecular complexity index is 253. The number of rotatable bonds is 23. The van der Waals surface area contributed by atoms with Crippen molar-refractivity contribution in [2.45, 2.75) is 122 Å². The van der Waals surface area contributed by atoms with E-state index < -0.39 is 0 Å². The third-order valence-electron chi connectivity index (χ3n) is 5.11. The van der Waals surface area contributed by atoms with Crippen molar-refractivity contribution in [1.82, 2.24) is 0 Å². The van der Waals surface area contributed by atoms with Crippen molar-refractivity contribution in [2.75, 3.05) is 19.8 Å². The summed E-state index contributed by atoms with van der Waals surface area (Å²) in [7, 11) is 0. The predicted molar refractivity (Wildman–Crippen MR) is 116 cm³/mol. The van der Waals surface area contributed by atoms with Gasteiger partial charge >= 0.3 is 0 Å². The maximum atomic E-state index is 5.49. The molecule has 0 saturated carbocycles. The highest BCUT2D eigenvalue weighted by atomic mass is 16.5. The Labute approximate surface area is 165 Å². The van der Waals surface area contributed by atoms with Gasteiger partial charge in [0.25, 0.3) is 0 Å². The molecule has 156 valence electrons. The van der Waals surface area contributed by atoms with Gasteiger partial charge in [0.1, 0.15) is 6.61 Å². The van der Waals surface area contributed by atoms with E-state index in [1.807, 2.05) is 0 Å². The van der Waals surface area contributed by atoms with Crippen molar-refractivity contribution < 1.29 is 9.47 Å². The zero-order valence-electron chi connectivity index (χ0n) is 18.0. The zero-order valence-corrected chi connectivity index (χ0v) is 18.0. The number of hydrogen-bond acceptors (Lipinski definition) is 2. The van der Waals surface area contributed by atoms with E-state index in [0.717, 1.165) is 6.61 Å². The number of hydrogen-bond donors (Lipinski definition) is 0. The number of unbranched alkanes of at least 4 members (excludes halogenated alkanes) is 17. The number of ether oxygens (including phenoxy) is 2. The first-order valence-corrected chi connectivity index (χ1v) is 11.7. The van der Waals surface area contributed by atoms with Crippen LogP contribution in [0.4, 0.5) is 0 Å². The predicted octanol–water partition coefficient (Wildman–Crippen LogP) is 8.20. The normalized spacial score (nSPS) is 11.0. The molecule has 26 heavy (non-hydrogen) atoms. The highest BCUT2D eigenvalue weighted by Crippen LogP contribution is 2.14. The van der Waals surface area contributed by atoms with Crippen LogP contribution in [0.3, 0.4) is 0 Å². The summed E-state index contributed by atoms with van der Waals surface area (Å²) in [6.45, 7) is 7.99. The van der Waals surface area contributed by atoms with Crippen molar-refractivity contribution in [3.05, 3.63) is 12.8 Å². The van der Waals surface area contributed by atoms with Gasteiger partial charge < -0.3 is 9.47 Å². The molecule has 0 N–H and O–H groups in total. The van der Waals surface area contributed by atoms with Gasteiger partial charge in [-0.2, -0.15) is 0 Å². The van der Waals surface area contributed by atoms with Crippen molar-refractivity contribution in [3.63, 3.8) is 0 Å². The van der Waals surface area contributed by atoms with Crippen LogP contribution >= 0.6 is 0 Å². The molecule has 0 aromatic heterocycles. The van der Waals surface area contributed by atoms with E-state index >= 15 is 0 Å². The fourth-order valence-corrected chi connectivity index (χ4v) is 3.40. The Morgan fingerprint density at radius 1 is 0.500 bits per heavy atom. The van der Waals surface area contributed by atoms with Gasteiger partial charge in [-0.15, -0.1) is 0 Å². The molecule has 0 heterocycles. The quantitative estimate of drug-likeness (QED) is 0.134. The first-order valence-electron chi connectivity index (χ1n) is 11.7. The van der Waals surface area contributed by atoms with Crippen LogP contribution in [0.1, 0.15) is 122 Å². The zero-order chi connectivity index (χ0) is 19.0. The molecule has 0 aromatic carbocycles. The van der Waals surface area contributed by atoms with Crippen molar-refractivity contribution in [2.24, 2.45) is 0 Å². The van der Waals surface area contributed by atoms with Gasteiger partial charge in [-0.05, 0) is 6.42 Å². The molecular formula is C24H48O2. The van der Waals surface area contributed by atoms with Gasteiger partial charge in [0.15, 0.2) is 0 Å². The van der Waals surface area contributed by atoms with Gasteiger partial charge in [-0.25, -0.2) is 0 Å². The first-order chi connectivity index (χ1) is 12.9. The van der Waals surface area contributed by atoms with Gasteiger partial charge in [0.2, 0.25) is 0 Å². The van der Waals surface area contributed by atoms with E-state index in [9.17, 15) is 0 Å². The largest absolute Gasteiger partial charge is 0.499 e. The van der Waals surface area contributed by atoms with Crippen LogP contribution in [0.2, 0.25) is 0 Å². The highest BCUT2D eigenvalue weighted by molar-refractivity contribution is 4.51. The second-order valence-corrected chi connectivity index (χ2v) is 7.66. The summed E-state index contributed by atoms with van der Waals surface area (Å²) in [5.74, 6) is 0. The van der Waals surface area contributed by atoms with E-state index in [1.165, 1.54) is 122 Å². The van der Waals surface area contributed by atoms with Gasteiger partial charge in [-0.3, -0.25) is 0 Å². The molecule has 0 aromatic rings. The molecule has 0 saturated heterocycles. The maximum absolute atomic E-state index is 5.49. The second kappa shape index (κ2) is 24.5. The Morgan fingerprint density at radius 2 is 0.885 bits per heavy atom. The smallest absolute Gasteiger partial charge is 0.111 e. The molecule has 2 nitrogen and oxygen atoms in total. The molecule has 0 aliphatic carbocycles. The molecule has 0 spiro atoms. The highest BCUT2D eigenvalue weighted by Gasteiger charge is 1.95. The minimum atomic E-state index is 0.628. The molecule has 0 bridgehead atoms. The Kier molecular flexibility index (Phi) is 24.0. The SMILES string of the molecule is C=COCCOCCCCCCCCCCCCCCCCCCCC. The molecule has 0 unspecified atom stereocenters. The van der Waals surface area contributed by atoms with E-state index in [4.69, 9.17) is 9.47 Å². The average molecular weight is 369 g/mol. The summed E-state index contributed by atoms with van der Waals surface area (Å²) < 4.78 is 10.5. The first kappa shape index (κ1) is 25.5. The van der Waals surface area contributed by atoms with Crippen molar-refractivity contribution >= 4 is 0 Å². The minimum absolute atomic E-state index is 0.628. The molecule has 0 atom stereocenters. The summed E-state index contributed by atoms with van der Waals surface area (Å²) >= 11 is 0. The Balaban J connectivity index is 2.96. The topological polar surface area (TPSA) is 18.5 Å². The van der Waals surface area contributed by atoms with Crippen molar-refractivity contribution in [3.8, 4) is 0 Å². The van der Waals surface area contributed by atoms with Crippen LogP contribution in [0.5, 0.6) is 0 Å². The van der Waals surface area contributed by atoms with Gasteiger partial charge in [0.05, 0.1) is 12.9 Å². The molecule has 0 amide bonds. The monoisotopic (exact) mass is 368 g/mol. The minimum Gasteiger partial charge on any atom is -0.499 e. The van der Waals surface area contributed by atoms with Crippen LogP contribution in [0.25, 0.3) is 0 Å². The average Bonchev–Trinajstić information content (AvgIpc) is 2.66. The third kappa shape index (κ3) is 23.5. The molecular weight excluding hydrogens is 320 g/mol.